The minimum absolute atomic E-state index is 0.142. The molecule has 6 heteroatoms. The van der Waals surface area contributed by atoms with Gasteiger partial charge in [-0.25, -0.2) is 4.98 Å². The number of aromatic nitrogens is 2. The molecule has 0 radical (unpaired) electrons. The monoisotopic (exact) mass is 307 g/mol. The fourth-order valence-electron chi connectivity index (χ4n) is 2.73. The molecule has 1 aliphatic rings. The van der Waals surface area contributed by atoms with Crippen molar-refractivity contribution in [1.29, 1.82) is 0 Å². The van der Waals surface area contributed by atoms with E-state index in [1.54, 1.807) is 0 Å². The molecule has 0 amide bonds. The zero-order valence-corrected chi connectivity index (χ0v) is 14.3. The summed E-state index contributed by atoms with van der Waals surface area (Å²) in [5, 5.41) is 13.1. The molecular formula is C16H29N5O. The van der Waals surface area contributed by atoms with Crippen LogP contribution in [0.2, 0.25) is 0 Å². The topological polar surface area (TPSA) is 64.5 Å². The molecule has 0 spiro atoms. The van der Waals surface area contributed by atoms with Crippen LogP contribution in [0.3, 0.4) is 0 Å². The number of hydrogen-bond donors (Lipinski definition) is 2. The van der Waals surface area contributed by atoms with Crippen molar-refractivity contribution < 1.29 is 5.11 Å². The van der Waals surface area contributed by atoms with Gasteiger partial charge in [0.05, 0.1) is 6.10 Å². The van der Waals surface area contributed by atoms with Crippen molar-refractivity contribution in [3.8, 4) is 0 Å². The molecule has 0 aliphatic carbocycles. The molecule has 2 N–H and O–H groups in total. The summed E-state index contributed by atoms with van der Waals surface area (Å²) < 4.78 is 0. The number of β-amino-alcohol motifs (C(OH)–C–C–N with tert-alkyl or cyclic N) is 1. The smallest absolute Gasteiger partial charge is 0.227 e. The van der Waals surface area contributed by atoms with Gasteiger partial charge in [-0.2, -0.15) is 4.98 Å². The maximum Gasteiger partial charge on any atom is 0.227 e. The Balaban J connectivity index is 1.83. The van der Waals surface area contributed by atoms with Crippen LogP contribution in [0.4, 0.5) is 11.8 Å². The largest absolute Gasteiger partial charge is 0.392 e. The SMILES string of the molecule is Cc1nc(N(C)C)nc(NCCCN2CCC[C@@H](O)C2)c1C. The number of aliphatic hydroxyl groups excluding tert-OH is 1. The van der Waals surface area contributed by atoms with Crippen molar-refractivity contribution >= 4 is 11.8 Å². The normalized spacial score (nSPS) is 19.2. The van der Waals surface area contributed by atoms with E-state index in [4.69, 9.17) is 0 Å². The average Bonchev–Trinajstić information content (AvgIpc) is 2.47. The van der Waals surface area contributed by atoms with Gasteiger partial charge in [-0.15, -0.1) is 0 Å². The Labute approximate surface area is 133 Å². The molecule has 0 aromatic carbocycles. The molecule has 6 nitrogen and oxygen atoms in total. The van der Waals surface area contributed by atoms with Gasteiger partial charge in [0, 0.05) is 38.4 Å². The number of hydrogen-bond acceptors (Lipinski definition) is 6. The third-order valence-electron chi connectivity index (χ3n) is 4.20. The van der Waals surface area contributed by atoms with E-state index in [9.17, 15) is 5.11 Å². The van der Waals surface area contributed by atoms with E-state index >= 15 is 0 Å². The van der Waals surface area contributed by atoms with Crippen molar-refractivity contribution in [3.05, 3.63) is 11.3 Å². The summed E-state index contributed by atoms with van der Waals surface area (Å²) >= 11 is 0. The van der Waals surface area contributed by atoms with Gasteiger partial charge in [-0.05, 0) is 46.2 Å². The maximum absolute atomic E-state index is 9.68. The van der Waals surface area contributed by atoms with E-state index in [1.807, 2.05) is 25.9 Å². The lowest BCUT2D eigenvalue weighted by Crippen LogP contribution is -2.39. The lowest BCUT2D eigenvalue weighted by molar-refractivity contribution is 0.0706. The number of rotatable bonds is 6. The Kier molecular flexibility index (Phi) is 5.97. The van der Waals surface area contributed by atoms with Gasteiger partial charge in [0.15, 0.2) is 0 Å². The fraction of sp³-hybridized carbons (Fsp3) is 0.750. The molecule has 0 saturated carbocycles. The van der Waals surface area contributed by atoms with Crippen molar-refractivity contribution in [2.45, 2.75) is 39.2 Å². The summed E-state index contributed by atoms with van der Waals surface area (Å²) in [4.78, 5) is 13.3. The molecule has 1 atom stereocenters. The van der Waals surface area contributed by atoms with Crippen molar-refractivity contribution in [2.75, 3.05) is 50.5 Å². The quantitative estimate of drug-likeness (QED) is 0.775. The maximum atomic E-state index is 9.68. The van der Waals surface area contributed by atoms with E-state index in [0.29, 0.717) is 0 Å². The van der Waals surface area contributed by atoms with Crippen molar-refractivity contribution in [2.24, 2.45) is 0 Å². The van der Waals surface area contributed by atoms with Crippen LogP contribution in [0, 0.1) is 13.8 Å². The molecule has 1 fully saturated rings. The Morgan fingerprint density at radius 3 is 2.77 bits per heavy atom. The van der Waals surface area contributed by atoms with Crippen LogP contribution in [0.25, 0.3) is 0 Å². The van der Waals surface area contributed by atoms with Gasteiger partial charge >= 0.3 is 0 Å². The van der Waals surface area contributed by atoms with E-state index < -0.39 is 0 Å². The highest BCUT2D eigenvalue weighted by atomic mass is 16.3. The molecule has 2 heterocycles. The number of piperidine rings is 1. The highest BCUT2D eigenvalue weighted by molar-refractivity contribution is 5.50. The Hall–Kier alpha value is -1.40. The van der Waals surface area contributed by atoms with E-state index in [-0.39, 0.29) is 6.10 Å². The first-order valence-corrected chi connectivity index (χ1v) is 8.14. The number of nitrogens with one attached hydrogen (secondary N) is 1. The van der Waals surface area contributed by atoms with Crippen molar-refractivity contribution in [1.82, 2.24) is 14.9 Å². The van der Waals surface area contributed by atoms with Gasteiger partial charge in [0.1, 0.15) is 5.82 Å². The third-order valence-corrected chi connectivity index (χ3v) is 4.20. The summed E-state index contributed by atoms with van der Waals surface area (Å²) in [6.07, 6.45) is 2.95. The highest BCUT2D eigenvalue weighted by Crippen LogP contribution is 2.18. The van der Waals surface area contributed by atoms with Crippen LogP contribution < -0.4 is 10.2 Å². The van der Waals surface area contributed by atoms with Crippen LogP contribution in [-0.4, -0.2) is 66.4 Å². The number of likely N-dealkylation sites (tertiary alicyclic amines) is 1. The average molecular weight is 307 g/mol. The van der Waals surface area contributed by atoms with Crippen LogP contribution in [0.15, 0.2) is 0 Å². The summed E-state index contributed by atoms with van der Waals surface area (Å²) in [7, 11) is 3.91. The van der Waals surface area contributed by atoms with Gasteiger partial charge in [0.2, 0.25) is 5.95 Å². The molecule has 1 aromatic rings. The summed E-state index contributed by atoms with van der Waals surface area (Å²) in [6, 6.07) is 0. The molecule has 0 unspecified atom stereocenters. The van der Waals surface area contributed by atoms with E-state index in [0.717, 1.165) is 68.5 Å². The van der Waals surface area contributed by atoms with Gasteiger partial charge in [-0.3, -0.25) is 0 Å². The molecule has 124 valence electrons. The first-order chi connectivity index (χ1) is 10.5. The van der Waals surface area contributed by atoms with Crippen LogP contribution >= 0.6 is 0 Å². The zero-order chi connectivity index (χ0) is 16.1. The fourth-order valence-corrected chi connectivity index (χ4v) is 2.73. The summed E-state index contributed by atoms with van der Waals surface area (Å²) in [5.41, 5.74) is 2.12. The lowest BCUT2D eigenvalue weighted by Gasteiger charge is -2.29. The minimum atomic E-state index is -0.142. The van der Waals surface area contributed by atoms with Gasteiger partial charge in [-0.1, -0.05) is 0 Å². The number of aryl methyl sites for hydroxylation is 1. The zero-order valence-electron chi connectivity index (χ0n) is 14.3. The molecule has 0 bridgehead atoms. The molecule has 1 saturated heterocycles. The van der Waals surface area contributed by atoms with Gasteiger partial charge < -0.3 is 20.2 Å². The van der Waals surface area contributed by atoms with Gasteiger partial charge in [0.25, 0.3) is 0 Å². The standard InChI is InChI=1S/C16H29N5O/c1-12-13(2)18-16(20(3)4)19-15(12)17-8-6-10-21-9-5-7-14(22)11-21/h14,22H,5-11H2,1-4H3,(H,17,18,19)/t14-/m1/s1. The summed E-state index contributed by atoms with van der Waals surface area (Å²) in [6.45, 7) is 7.90. The van der Waals surface area contributed by atoms with E-state index in [1.165, 1.54) is 0 Å². The van der Waals surface area contributed by atoms with Crippen molar-refractivity contribution in [3.63, 3.8) is 0 Å². The molecule has 1 aromatic heterocycles. The summed E-state index contributed by atoms with van der Waals surface area (Å²) in [5.74, 6) is 1.67. The predicted molar refractivity (Wildman–Crippen MR) is 90.6 cm³/mol. The molecule has 2 rings (SSSR count). The second-order valence-electron chi connectivity index (χ2n) is 6.35. The second kappa shape index (κ2) is 7.74. The molecule has 1 aliphatic heterocycles. The minimum Gasteiger partial charge on any atom is -0.392 e. The lowest BCUT2D eigenvalue weighted by atomic mass is 10.1. The highest BCUT2D eigenvalue weighted by Gasteiger charge is 2.16. The molecular weight excluding hydrogens is 278 g/mol. The van der Waals surface area contributed by atoms with E-state index in [2.05, 4.69) is 27.1 Å². The number of aliphatic hydroxyl groups is 1. The first-order valence-electron chi connectivity index (χ1n) is 8.14. The van der Waals surface area contributed by atoms with Crippen LogP contribution in [0.1, 0.15) is 30.5 Å². The number of nitrogens with zero attached hydrogens (tertiary/aromatic N) is 4. The van der Waals surface area contributed by atoms with Crippen LogP contribution in [0.5, 0.6) is 0 Å². The Morgan fingerprint density at radius 2 is 2.09 bits per heavy atom. The Bertz CT molecular complexity index is 492. The predicted octanol–water partition coefficient (Wildman–Crippen LogP) is 1.42. The molecule has 22 heavy (non-hydrogen) atoms. The Morgan fingerprint density at radius 1 is 1.32 bits per heavy atom. The number of anilines is 2. The first kappa shape index (κ1) is 17.0. The third kappa shape index (κ3) is 4.55. The van der Waals surface area contributed by atoms with Crippen LogP contribution in [-0.2, 0) is 0 Å². The second-order valence-corrected chi connectivity index (χ2v) is 6.35.